The van der Waals surface area contributed by atoms with Gasteiger partial charge in [-0.25, -0.2) is 0 Å². The molecule has 0 bridgehead atoms. The summed E-state index contributed by atoms with van der Waals surface area (Å²) in [6, 6.07) is 1.42. The van der Waals surface area contributed by atoms with Gasteiger partial charge in [-0.05, 0) is 38.8 Å². The first kappa shape index (κ1) is 13.9. The summed E-state index contributed by atoms with van der Waals surface area (Å²) in [5, 5.41) is 3.86. The second-order valence-corrected chi connectivity index (χ2v) is 5.65. The molecule has 2 fully saturated rings. The van der Waals surface area contributed by atoms with Crippen molar-refractivity contribution in [2.24, 2.45) is 0 Å². The number of terminal acetylenes is 1. The summed E-state index contributed by atoms with van der Waals surface area (Å²) in [5.74, 6) is 2.75. The molecular formula is C15H27N3. The van der Waals surface area contributed by atoms with Crippen LogP contribution in [0.2, 0.25) is 0 Å². The summed E-state index contributed by atoms with van der Waals surface area (Å²) in [4.78, 5) is 4.95. The minimum absolute atomic E-state index is 0.709. The quantitative estimate of drug-likeness (QED) is 0.754. The summed E-state index contributed by atoms with van der Waals surface area (Å²) in [7, 11) is 0. The highest BCUT2D eigenvalue weighted by molar-refractivity contribution is 4.91. The van der Waals surface area contributed by atoms with Crippen LogP contribution >= 0.6 is 0 Å². The van der Waals surface area contributed by atoms with Gasteiger partial charge < -0.3 is 10.2 Å². The van der Waals surface area contributed by atoms with E-state index in [2.05, 4.69) is 28.0 Å². The third-order valence-corrected chi connectivity index (χ3v) is 4.33. The van der Waals surface area contributed by atoms with E-state index in [1.807, 2.05) is 0 Å². The highest BCUT2D eigenvalue weighted by Gasteiger charge is 2.24. The molecule has 0 spiro atoms. The van der Waals surface area contributed by atoms with Crippen molar-refractivity contribution in [3.05, 3.63) is 0 Å². The average Bonchev–Trinajstić information content (AvgIpc) is 2.42. The van der Waals surface area contributed by atoms with Crippen LogP contribution in [0.5, 0.6) is 0 Å². The molecule has 2 aliphatic rings. The zero-order valence-electron chi connectivity index (χ0n) is 11.7. The summed E-state index contributed by atoms with van der Waals surface area (Å²) in [6.45, 7) is 9.12. The Bertz CT molecular complexity index is 276. The first-order valence-corrected chi connectivity index (χ1v) is 7.46. The van der Waals surface area contributed by atoms with Crippen molar-refractivity contribution < 1.29 is 0 Å². The van der Waals surface area contributed by atoms with E-state index >= 15 is 0 Å². The van der Waals surface area contributed by atoms with Gasteiger partial charge in [-0.3, -0.25) is 4.90 Å². The third-order valence-electron chi connectivity index (χ3n) is 4.33. The Hall–Kier alpha value is -0.560. The van der Waals surface area contributed by atoms with Crippen LogP contribution in [0, 0.1) is 12.3 Å². The lowest BCUT2D eigenvalue weighted by molar-refractivity contribution is 0.163. The molecule has 1 atom stereocenters. The largest absolute Gasteiger partial charge is 0.310 e. The number of piperidine rings is 2. The minimum atomic E-state index is 0.709. The van der Waals surface area contributed by atoms with Gasteiger partial charge in [-0.15, -0.1) is 6.42 Å². The van der Waals surface area contributed by atoms with Crippen LogP contribution < -0.4 is 5.32 Å². The molecule has 1 N–H and O–H groups in total. The van der Waals surface area contributed by atoms with E-state index < -0.39 is 0 Å². The maximum Gasteiger partial charge on any atom is 0.0598 e. The van der Waals surface area contributed by atoms with Gasteiger partial charge in [0, 0.05) is 31.7 Å². The van der Waals surface area contributed by atoms with Crippen molar-refractivity contribution in [3.63, 3.8) is 0 Å². The zero-order chi connectivity index (χ0) is 12.8. The van der Waals surface area contributed by atoms with E-state index in [9.17, 15) is 0 Å². The van der Waals surface area contributed by atoms with Crippen LogP contribution in [0.15, 0.2) is 0 Å². The zero-order valence-corrected chi connectivity index (χ0v) is 11.7. The molecular weight excluding hydrogens is 222 g/mol. The molecule has 0 saturated carbocycles. The summed E-state index contributed by atoms with van der Waals surface area (Å²) >= 11 is 0. The van der Waals surface area contributed by atoms with Gasteiger partial charge in [0.2, 0.25) is 0 Å². The van der Waals surface area contributed by atoms with Crippen molar-refractivity contribution in [1.82, 2.24) is 15.1 Å². The van der Waals surface area contributed by atoms with Crippen LogP contribution in [0.1, 0.15) is 32.6 Å². The van der Waals surface area contributed by atoms with Gasteiger partial charge in [-0.2, -0.15) is 0 Å². The molecule has 2 heterocycles. The molecule has 0 amide bonds. The van der Waals surface area contributed by atoms with Gasteiger partial charge in [0.05, 0.1) is 6.54 Å². The molecule has 0 aromatic carbocycles. The normalized spacial score (nSPS) is 28.1. The van der Waals surface area contributed by atoms with E-state index in [4.69, 9.17) is 6.42 Å². The number of hydrogen-bond acceptors (Lipinski definition) is 3. The molecule has 2 saturated heterocycles. The molecule has 2 rings (SSSR count). The summed E-state index contributed by atoms with van der Waals surface area (Å²) in [5.41, 5.74) is 0. The summed E-state index contributed by atoms with van der Waals surface area (Å²) < 4.78 is 0. The Morgan fingerprint density at radius 1 is 1.11 bits per heavy atom. The lowest BCUT2D eigenvalue weighted by Gasteiger charge is -2.37. The third kappa shape index (κ3) is 3.98. The van der Waals surface area contributed by atoms with E-state index in [0.717, 1.165) is 19.6 Å². The lowest BCUT2D eigenvalue weighted by Crippen LogP contribution is -2.51. The van der Waals surface area contributed by atoms with Crippen molar-refractivity contribution in [1.29, 1.82) is 0 Å². The van der Waals surface area contributed by atoms with E-state index in [-0.39, 0.29) is 0 Å². The lowest BCUT2D eigenvalue weighted by atomic mass is 10.00. The molecule has 102 valence electrons. The van der Waals surface area contributed by atoms with E-state index in [0.29, 0.717) is 12.1 Å². The molecule has 0 aromatic heterocycles. The van der Waals surface area contributed by atoms with Crippen molar-refractivity contribution in [2.45, 2.75) is 44.7 Å². The van der Waals surface area contributed by atoms with Gasteiger partial charge in [-0.1, -0.05) is 12.8 Å². The van der Waals surface area contributed by atoms with Gasteiger partial charge >= 0.3 is 0 Å². The minimum Gasteiger partial charge on any atom is -0.310 e. The fraction of sp³-hybridized carbons (Fsp3) is 0.867. The Labute approximate surface area is 112 Å². The number of hydrogen-bond donors (Lipinski definition) is 1. The number of nitrogens with zero attached hydrogens (tertiary/aromatic N) is 2. The number of likely N-dealkylation sites (N-methyl/N-ethyl adjacent to an activating group) is 1. The maximum absolute atomic E-state index is 5.36. The number of likely N-dealkylation sites (tertiary alicyclic amines) is 2. The Morgan fingerprint density at radius 3 is 2.56 bits per heavy atom. The molecule has 0 aromatic rings. The number of nitrogens with one attached hydrogen (secondary N) is 1. The van der Waals surface area contributed by atoms with Gasteiger partial charge in [0.25, 0.3) is 0 Å². The summed E-state index contributed by atoms with van der Waals surface area (Å²) in [6.07, 6.45) is 10.6. The highest BCUT2D eigenvalue weighted by Crippen LogP contribution is 2.15. The Kier molecular flexibility index (Phi) is 5.49. The van der Waals surface area contributed by atoms with Crippen molar-refractivity contribution in [2.75, 3.05) is 39.3 Å². The molecule has 18 heavy (non-hydrogen) atoms. The monoisotopic (exact) mass is 249 g/mol. The average molecular weight is 249 g/mol. The predicted octanol–water partition coefficient (Wildman–Crippen LogP) is 1.16. The fourth-order valence-corrected chi connectivity index (χ4v) is 3.20. The fourth-order valence-electron chi connectivity index (χ4n) is 3.20. The smallest absolute Gasteiger partial charge is 0.0598 e. The van der Waals surface area contributed by atoms with E-state index in [1.165, 1.54) is 45.3 Å². The van der Waals surface area contributed by atoms with Crippen LogP contribution in [0.4, 0.5) is 0 Å². The molecule has 0 radical (unpaired) electrons. The predicted molar refractivity (Wildman–Crippen MR) is 76.6 cm³/mol. The SMILES string of the molecule is C#CCN1CCC(NC2CCCN(CC)C2)CC1. The van der Waals surface area contributed by atoms with E-state index in [1.54, 1.807) is 0 Å². The van der Waals surface area contributed by atoms with Crippen LogP contribution in [0.25, 0.3) is 0 Å². The Balaban J connectivity index is 1.69. The van der Waals surface area contributed by atoms with Gasteiger partial charge in [0.1, 0.15) is 0 Å². The molecule has 3 nitrogen and oxygen atoms in total. The topological polar surface area (TPSA) is 18.5 Å². The van der Waals surface area contributed by atoms with Crippen molar-refractivity contribution >= 4 is 0 Å². The second kappa shape index (κ2) is 7.13. The molecule has 2 aliphatic heterocycles. The molecule has 0 aliphatic carbocycles. The van der Waals surface area contributed by atoms with Crippen LogP contribution in [-0.4, -0.2) is 61.2 Å². The maximum atomic E-state index is 5.36. The highest BCUT2D eigenvalue weighted by atomic mass is 15.2. The molecule has 1 unspecified atom stereocenters. The first-order chi connectivity index (χ1) is 8.81. The van der Waals surface area contributed by atoms with Crippen molar-refractivity contribution in [3.8, 4) is 12.3 Å². The standard InChI is InChI=1S/C15H27N3/c1-3-9-18-11-7-14(8-12-18)16-15-6-5-10-17(4-2)13-15/h1,14-16H,4-13H2,2H3. The van der Waals surface area contributed by atoms with Crippen LogP contribution in [-0.2, 0) is 0 Å². The Morgan fingerprint density at radius 2 is 1.89 bits per heavy atom. The van der Waals surface area contributed by atoms with Gasteiger partial charge in [0.15, 0.2) is 0 Å². The first-order valence-electron chi connectivity index (χ1n) is 7.46. The second-order valence-electron chi connectivity index (χ2n) is 5.65. The number of rotatable bonds is 4. The molecule has 3 heteroatoms. The van der Waals surface area contributed by atoms with Crippen LogP contribution in [0.3, 0.4) is 0 Å².